The Balaban J connectivity index is 1.61. The molecule has 0 fully saturated rings. The van der Waals surface area contributed by atoms with Crippen molar-refractivity contribution in [2.75, 3.05) is 13.7 Å². The van der Waals surface area contributed by atoms with E-state index in [1.807, 2.05) is 47.8 Å². The summed E-state index contributed by atoms with van der Waals surface area (Å²) in [4.78, 5) is 26.2. The molecule has 0 saturated heterocycles. The number of carbonyl (C=O) groups is 2. The molecular weight excluding hydrogens is 396 g/mol. The Labute approximate surface area is 180 Å². The second-order valence-electron chi connectivity index (χ2n) is 6.56. The van der Waals surface area contributed by atoms with E-state index in [0.717, 1.165) is 29.0 Å². The first kappa shape index (κ1) is 21.3. The third-order valence-electron chi connectivity index (χ3n) is 4.46. The summed E-state index contributed by atoms with van der Waals surface area (Å²) in [6, 6.07) is 20.5. The third kappa shape index (κ3) is 6.06. The molecule has 1 heterocycles. The molecular formula is C24H24N2O3S. The second kappa shape index (κ2) is 11.0. The van der Waals surface area contributed by atoms with E-state index in [4.69, 9.17) is 4.74 Å². The lowest BCUT2D eigenvalue weighted by Crippen LogP contribution is -2.35. The van der Waals surface area contributed by atoms with Gasteiger partial charge in [-0.25, -0.2) is 0 Å². The Morgan fingerprint density at radius 2 is 1.77 bits per heavy atom. The van der Waals surface area contributed by atoms with Crippen molar-refractivity contribution in [2.45, 2.75) is 12.8 Å². The predicted molar refractivity (Wildman–Crippen MR) is 121 cm³/mol. The molecule has 3 rings (SSSR count). The number of amides is 2. The summed E-state index contributed by atoms with van der Waals surface area (Å²) in [6.45, 7) is 0.486. The number of nitrogens with one attached hydrogen (secondary N) is 2. The first-order chi connectivity index (χ1) is 14.7. The Morgan fingerprint density at radius 3 is 2.50 bits per heavy atom. The largest absolute Gasteiger partial charge is 0.496 e. The quantitative estimate of drug-likeness (QED) is 0.401. The van der Waals surface area contributed by atoms with Crippen molar-refractivity contribution in [1.29, 1.82) is 0 Å². The highest BCUT2D eigenvalue weighted by molar-refractivity contribution is 7.10. The van der Waals surface area contributed by atoms with Crippen molar-refractivity contribution in [3.63, 3.8) is 0 Å². The first-order valence-electron chi connectivity index (χ1n) is 9.69. The lowest BCUT2D eigenvalue weighted by atomic mass is 10.1. The lowest BCUT2D eigenvalue weighted by Gasteiger charge is -2.12. The van der Waals surface area contributed by atoms with Gasteiger partial charge in [-0.15, -0.1) is 11.3 Å². The minimum Gasteiger partial charge on any atom is -0.496 e. The smallest absolute Gasteiger partial charge is 0.267 e. The van der Waals surface area contributed by atoms with Gasteiger partial charge in [-0.2, -0.15) is 0 Å². The Kier molecular flexibility index (Phi) is 7.80. The molecule has 5 nitrogen and oxygen atoms in total. The maximum absolute atomic E-state index is 12.8. The number of para-hydroxylation sites is 1. The van der Waals surface area contributed by atoms with Gasteiger partial charge in [0.25, 0.3) is 11.8 Å². The Hall–Kier alpha value is -3.38. The van der Waals surface area contributed by atoms with Crippen LogP contribution in [-0.4, -0.2) is 25.5 Å². The number of aryl methyl sites for hydroxylation is 1. The zero-order valence-corrected chi connectivity index (χ0v) is 17.6. The number of benzene rings is 2. The third-order valence-corrected chi connectivity index (χ3v) is 5.28. The van der Waals surface area contributed by atoms with E-state index in [0.29, 0.717) is 12.1 Å². The van der Waals surface area contributed by atoms with Gasteiger partial charge in [0.05, 0.1) is 7.11 Å². The van der Waals surface area contributed by atoms with Crippen molar-refractivity contribution in [2.24, 2.45) is 0 Å². The normalized spacial score (nSPS) is 11.0. The van der Waals surface area contributed by atoms with Gasteiger partial charge in [-0.3, -0.25) is 9.59 Å². The van der Waals surface area contributed by atoms with Gasteiger partial charge in [0.1, 0.15) is 11.4 Å². The summed E-state index contributed by atoms with van der Waals surface area (Å²) >= 11 is 1.50. The summed E-state index contributed by atoms with van der Waals surface area (Å²) in [6.07, 6.45) is 3.23. The lowest BCUT2D eigenvalue weighted by molar-refractivity contribution is -0.117. The molecule has 0 radical (unpaired) electrons. The fourth-order valence-electron chi connectivity index (χ4n) is 2.94. The number of hydrogen-bond acceptors (Lipinski definition) is 4. The summed E-state index contributed by atoms with van der Waals surface area (Å²) in [7, 11) is 1.65. The van der Waals surface area contributed by atoms with E-state index < -0.39 is 0 Å². The van der Waals surface area contributed by atoms with E-state index in [2.05, 4.69) is 10.6 Å². The summed E-state index contributed by atoms with van der Waals surface area (Å²) in [5, 5.41) is 7.57. The number of thiophene rings is 1. The van der Waals surface area contributed by atoms with Gasteiger partial charge in [0, 0.05) is 17.0 Å². The number of carbonyl (C=O) groups excluding carboxylic acids is 2. The first-order valence-corrected chi connectivity index (χ1v) is 10.6. The van der Waals surface area contributed by atoms with Crippen LogP contribution in [0.2, 0.25) is 0 Å². The van der Waals surface area contributed by atoms with Crippen LogP contribution in [-0.2, 0) is 11.2 Å². The molecule has 2 N–H and O–H groups in total. The highest BCUT2D eigenvalue weighted by Crippen LogP contribution is 2.18. The van der Waals surface area contributed by atoms with Crippen molar-refractivity contribution in [3.05, 3.63) is 93.8 Å². The average Bonchev–Trinajstić information content (AvgIpc) is 3.30. The van der Waals surface area contributed by atoms with Crippen molar-refractivity contribution in [1.82, 2.24) is 10.6 Å². The highest BCUT2D eigenvalue weighted by Gasteiger charge is 2.14. The fourth-order valence-corrected chi connectivity index (χ4v) is 3.60. The van der Waals surface area contributed by atoms with E-state index in [1.54, 1.807) is 37.5 Å². The summed E-state index contributed by atoms with van der Waals surface area (Å²) < 4.78 is 5.36. The monoisotopic (exact) mass is 420 g/mol. The van der Waals surface area contributed by atoms with Gasteiger partial charge in [-0.1, -0.05) is 42.5 Å². The van der Waals surface area contributed by atoms with Crippen molar-refractivity contribution < 1.29 is 14.3 Å². The molecule has 0 aliphatic rings. The molecule has 6 heteroatoms. The van der Waals surface area contributed by atoms with Crippen molar-refractivity contribution in [3.8, 4) is 5.75 Å². The molecule has 0 atom stereocenters. The van der Waals surface area contributed by atoms with Gasteiger partial charge in [0.15, 0.2) is 0 Å². The van der Waals surface area contributed by atoms with Gasteiger partial charge in [0.2, 0.25) is 0 Å². The predicted octanol–water partition coefficient (Wildman–Crippen LogP) is 4.28. The number of methoxy groups -OCH3 is 1. The molecule has 0 unspecified atom stereocenters. The standard InChI is InChI=1S/C24H24N2O3S/c1-29-22-14-6-5-9-18(22)12-7-15-25-24(28)21(17-20-13-8-16-30-20)26-23(27)19-10-3-2-4-11-19/h2-6,8-11,13-14,16-17H,7,12,15H2,1H3,(H,25,28)(H,26,27)/b21-17-. The van der Waals surface area contributed by atoms with Gasteiger partial charge in [-0.05, 0) is 54.1 Å². The number of rotatable bonds is 9. The van der Waals surface area contributed by atoms with E-state index >= 15 is 0 Å². The molecule has 0 spiro atoms. The number of ether oxygens (including phenoxy) is 1. The van der Waals surface area contributed by atoms with Crippen LogP contribution in [0.5, 0.6) is 5.75 Å². The zero-order chi connectivity index (χ0) is 21.2. The minimum absolute atomic E-state index is 0.226. The van der Waals surface area contributed by atoms with Crippen LogP contribution >= 0.6 is 11.3 Å². The van der Waals surface area contributed by atoms with E-state index in [9.17, 15) is 9.59 Å². The fraction of sp³-hybridized carbons (Fsp3) is 0.167. The molecule has 0 aliphatic heterocycles. The van der Waals surface area contributed by atoms with Crippen LogP contribution in [0.4, 0.5) is 0 Å². The molecule has 1 aromatic heterocycles. The molecule has 154 valence electrons. The zero-order valence-electron chi connectivity index (χ0n) is 16.8. The summed E-state index contributed by atoms with van der Waals surface area (Å²) in [5.41, 5.74) is 1.82. The maximum atomic E-state index is 12.8. The van der Waals surface area contributed by atoms with Crippen LogP contribution < -0.4 is 15.4 Å². The second-order valence-corrected chi connectivity index (χ2v) is 7.54. The molecule has 30 heavy (non-hydrogen) atoms. The summed E-state index contributed by atoms with van der Waals surface area (Å²) in [5.74, 6) is 0.215. The maximum Gasteiger partial charge on any atom is 0.267 e. The Morgan fingerprint density at radius 1 is 1.00 bits per heavy atom. The number of hydrogen-bond donors (Lipinski definition) is 2. The molecule has 0 bridgehead atoms. The molecule has 3 aromatic rings. The molecule has 2 aromatic carbocycles. The minimum atomic E-state index is -0.317. The van der Waals surface area contributed by atoms with Crippen LogP contribution in [0, 0.1) is 0 Å². The molecule has 0 saturated carbocycles. The van der Waals surface area contributed by atoms with E-state index in [-0.39, 0.29) is 17.5 Å². The topological polar surface area (TPSA) is 67.4 Å². The van der Waals surface area contributed by atoms with Crippen LogP contribution in [0.25, 0.3) is 6.08 Å². The van der Waals surface area contributed by atoms with Crippen LogP contribution in [0.15, 0.2) is 77.8 Å². The van der Waals surface area contributed by atoms with Crippen LogP contribution in [0.1, 0.15) is 27.2 Å². The van der Waals surface area contributed by atoms with E-state index in [1.165, 1.54) is 11.3 Å². The van der Waals surface area contributed by atoms with Gasteiger partial charge < -0.3 is 15.4 Å². The molecule has 2 amide bonds. The Bertz CT molecular complexity index is 998. The van der Waals surface area contributed by atoms with Crippen molar-refractivity contribution >= 4 is 29.2 Å². The van der Waals surface area contributed by atoms with Crippen LogP contribution in [0.3, 0.4) is 0 Å². The SMILES string of the molecule is COc1ccccc1CCCNC(=O)/C(=C/c1cccs1)NC(=O)c1ccccc1. The highest BCUT2D eigenvalue weighted by atomic mass is 32.1. The van der Waals surface area contributed by atoms with Gasteiger partial charge >= 0.3 is 0 Å². The molecule has 0 aliphatic carbocycles. The average molecular weight is 421 g/mol.